The molecule has 0 unspecified atom stereocenters. The third-order valence-corrected chi connectivity index (χ3v) is 4.80. The number of amides is 3. The van der Waals surface area contributed by atoms with Crippen molar-refractivity contribution in [2.75, 3.05) is 19.6 Å². The average Bonchev–Trinajstić information content (AvgIpc) is 2.66. The number of rotatable bonds is 6. The molecular weight excluding hydrogens is 382 g/mol. The predicted molar refractivity (Wildman–Crippen MR) is 117 cm³/mol. The molecule has 1 fully saturated rings. The molecule has 1 aromatic carbocycles. The summed E-state index contributed by atoms with van der Waals surface area (Å²) < 4.78 is 5.15. The summed E-state index contributed by atoms with van der Waals surface area (Å²) in [4.78, 5) is 37.9. The lowest BCUT2D eigenvalue weighted by atomic mass is 10.0. The van der Waals surface area contributed by atoms with Crippen molar-refractivity contribution in [2.45, 2.75) is 58.6 Å². The first kappa shape index (κ1) is 23.4. The van der Waals surface area contributed by atoms with Crippen molar-refractivity contribution >= 4 is 24.0 Å². The van der Waals surface area contributed by atoms with Gasteiger partial charge in [-0.05, 0) is 57.7 Å². The van der Waals surface area contributed by atoms with Gasteiger partial charge in [-0.1, -0.05) is 24.3 Å². The van der Waals surface area contributed by atoms with Gasteiger partial charge in [-0.2, -0.15) is 0 Å². The lowest BCUT2D eigenvalue weighted by Gasteiger charge is -2.32. The zero-order valence-electron chi connectivity index (χ0n) is 18.4. The maximum absolute atomic E-state index is 12.3. The normalized spacial score (nSPS) is 15.1. The molecule has 0 bridgehead atoms. The lowest BCUT2D eigenvalue weighted by molar-refractivity contribution is -0.132. The van der Waals surface area contributed by atoms with Crippen molar-refractivity contribution in [3.05, 3.63) is 41.5 Å². The summed E-state index contributed by atoms with van der Waals surface area (Å²) in [7, 11) is 0. The average molecular weight is 416 g/mol. The van der Waals surface area contributed by atoms with Gasteiger partial charge in [0.25, 0.3) is 0 Å². The van der Waals surface area contributed by atoms with Crippen molar-refractivity contribution in [1.29, 1.82) is 0 Å². The number of likely N-dealkylation sites (tertiary alicyclic amines) is 1. The van der Waals surface area contributed by atoms with Crippen molar-refractivity contribution in [3.63, 3.8) is 0 Å². The number of alkyl carbamates (subject to hydrolysis) is 1. The Bertz CT molecular complexity index is 775. The summed E-state index contributed by atoms with van der Waals surface area (Å²) in [5.41, 5.74) is 1.58. The van der Waals surface area contributed by atoms with Gasteiger partial charge in [-0.25, -0.2) is 4.79 Å². The highest BCUT2D eigenvalue weighted by atomic mass is 16.6. The number of carbonyl (C=O) groups is 3. The Hall–Kier alpha value is -2.83. The molecule has 7 heteroatoms. The molecule has 164 valence electrons. The Kier molecular flexibility index (Phi) is 8.45. The molecule has 7 nitrogen and oxygen atoms in total. The van der Waals surface area contributed by atoms with E-state index in [0.29, 0.717) is 13.1 Å². The van der Waals surface area contributed by atoms with Gasteiger partial charge in [0, 0.05) is 38.2 Å². The molecule has 1 aliphatic heterocycles. The minimum Gasteiger partial charge on any atom is -0.444 e. The first-order valence-electron chi connectivity index (χ1n) is 10.4. The molecule has 0 spiro atoms. The molecule has 0 radical (unpaired) electrons. The third-order valence-electron chi connectivity index (χ3n) is 4.80. The number of nitrogens with one attached hydrogen (secondary N) is 2. The second-order valence-corrected chi connectivity index (χ2v) is 8.53. The van der Waals surface area contributed by atoms with E-state index in [4.69, 9.17) is 4.74 Å². The summed E-state index contributed by atoms with van der Waals surface area (Å²) in [6, 6.07) is 7.95. The van der Waals surface area contributed by atoms with Crippen LogP contribution in [0.2, 0.25) is 0 Å². The van der Waals surface area contributed by atoms with Crippen LogP contribution in [0.3, 0.4) is 0 Å². The lowest BCUT2D eigenvalue weighted by Crippen LogP contribution is -2.46. The molecule has 0 atom stereocenters. The number of hydrogen-bond donors (Lipinski definition) is 2. The van der Waals surface area contributed by atoms with Crippen LogP contribution in [0, 0.1) is 6.92 Å². The molecule has 1 aromatic rings. The van der Waals surface area contributed by atoms with E-state index in [2.05, 4.69) is 10.6 Å². The predicted octanol–water partition coefficient (Wildman–Crippen LogP) is 3.03. The molecule has 0 saturated carbocycles. The fourth-order valence-corrected chi connectivity index (χ4v) is 3.21. The van der Waals surface area contributed by atoms with Crippen molar-refractivity contribution in [1.82, 2.24) is 15.5 Å². The molecule has 30 heavy (non-hydrogen) atoms. The van der Waals surface area contributed by atoms with Crippen LogP contribution in [0.1, 0.15) is 51.2 Å². The minimum atomic E-state index is -0.560. The number of aryl methyl sites for hydroxylation is 1. The van der Waals surface area contributed by atoms with Gasteiger partial charge in [-0.3, -0.25) is 9.59 Å². The number of ether oxygens (including phenoxy) is 1. The zero-order chi connectivity index (χ0) is 22.1. The summed E-state index contributed by atoms with van der Waals surface area (Å²) in [5.74, 6) is -0.125. The van der Waals surface area contributed by atoms with Crippen LogP contribution in [-0.4, -0.2) is 54.1 Å². The van der Waals surface area contributed by atoms with Crippen LogP contribution in [0.25, 0.3) is 6.08 Å². The SMILES string of the molecule is Cc1ccccc1/C=C/C(=O)NC1CCN(C(=O)CCNC(=O)OC(C)(C)C)CC1. The summed E-state index contributed by atoms with van der Waals surface area (Å²) >= 11 is 0. The largest absolute Gasteiger partial charge is 0.444 e. The molecular formula is C23H33N3O4. The van der Waals surface area contributed by atoms with Crippen molar-refractivity contribution in [2.24, 2.45) is 0 Å². The van der Waals surface area contributed by atoms with Gasteiger partial charge in [0.1, 0.15) is 5.60 Å². The first-order chi connectivity index (χ1) is 14.1. The molecule has 2 rings (SSSR count). The standard InChI is InChI=1S/C23H33N3O4/c1-17-7-5-6-8-18(17)9-10-20(27)25-19-12-15-26(16-13-19)21(28)11-14-24-22(29)30-23(2,3)4/h5-10,19H,11-16H2,1-4H3,(H,24,29)(H,25,27)/b10-9+. The molecule has 3 amide bonds. The maximum atomic E-state index is 12.3. The number of piperidine rings is 1. The van der Waals surface area contributed by atoms with Crippen LogP contribution in [-0.2, 0) is 14.3 Å². The molecule has 1 saturated heterocycles. The molecule has 1 aliphatic rings. The van der Waals surface area contributed by atoms with Crippen LogP contribution in [0.5, 0.6) is 0 Å². The van der Waals surface area contributed by atoms with Gasteiger partial charge >= 0.3 is 6.09 Å². The van der Waals surface area contributed by atoms with E-state index >= 15 is 0 Å². The Morgan fingerprint density at radius 2 is 1.83 bits per heavy atom. The fourth-order valence-electron chi connectivity index (χ4n) is 3.21. The molecule has 2 N–H and O–H groups in total. The highest BCUT2D eigenvalue weighted by Crippen LogP contribution is 2.13. The van der Waals surface area contributed by atoms with E-state index in [1.165, 1.54) is 0 Å². The number of nitrogens with zero attached hydrogens (tertiary/aromatic N) is 1. The first-order valence-corrected chi connectivity index (χ1v) is 10.4. The van der Waals surface area contributed by atoms with E-state index < -0.39 is 11.7 Å². The Labute approximate surface area is 178 Å². The zero-order valence-corrected chi connectivity index (χ0v) is 18.4. The van der Waals surface area contributed by atoms with Crippen molar-refractivity contribution < 1.29 is 19.1 Å². The quantitative estimate of drug-likeness (QED) is 0.699. The fraction of sp³-hybridized carbons (Fsp3) is 0.522. The Morgan fingerprint density at radius 3 is 2.47 bits per heavy atom. The highest BCUT2D eigenvalue weighted by molar-refractivity contribution is 5.92. The van der Waals surface area contributed by atoms with E-state index in [9.17, 15) is 14.4 Å². The second kappa shape index (κ2) is 10.8. The van der Waals surface area contributed by atoms with E-state index in [1.54, 1.807) is 31.7 Å². The highest BCUT2D eigenvalue weighted by Gasteiger charge is 2.23. The smallest absolute Gasteiger partial charge is 0.407 e. The van der Waals surface area contributed by atoms with E-state index in [-0.39, 0.29) is 30.8 Å². The molecule has 0 aliphatic carbocycles. The number of hydrogen-bond acceptors (Lipinski definition) is 4. The van der Waals surface area contributed by atoms with Gasteiger partial charge in [-0.15, -0.1) is 0 Å². The summed E-state index contributed by atoms with van der Waals surface area (Å²) in [6.07, 6.45) is 4.53. The van der Waals surface area contributed by atoms with Crippen LogP contribution in [0.15, 0.2) is 30.3 Å². The van der Waals surface area contributed by atoms with E-state index in [0.717, 1.165) is 24.0 Å². The Morgan fingerprint density at radius 1 is 1.17 bits per heavy atom. The Balaban J connectivity index is 1.68. The monoisotopic (exact) mass is 415 g/mol. The minimum absolute atomic E-state index is 0.00437. The number of benzene rings is 1. The van der Waals surface area contributed by atoms with Gasteiger partial charge < -0.3 is 20.3 Å². The van der Waals surface area contributed by atoms with Gasteiger partial charge in [0.05, 0.1) is 0 Å². The van der Waals surface area contributed by atoms with Crippen LogP contribution in [0.4, 0.5) is 4.79 Å². The van der Waals surface area contributed by atoms with Crippen LogP contribution < -0.4 is 10.6 Å². The second-order valence-electron chi connectivity index (χ2n) is 8.53. The number of carbonyl (C=O) groups excluding carboxylic acids is 3. The summed E-state index contributed by atoms with van der Waals surface area (Å²) in [5, 5.41) is 5.61. The third kappa shape index (κ3) is 8.27. The van der Waals surface area contributed by atoms with Crippen LogP contribution >= 0.6 is 0 Å². The topological polar surface area (TPSA) is 87.7 Å². The molecule has 0 aromatic heterocycles. The van der Waals surface area contributed by atoms with Gasteiger partial charge in [0.2, 0.25) is 11.8 Å². The molecule has 1 heterocycles. The van der Waals surface area contributed by atoms with Crippen molar-refractivity contribution in [3.8, 4) is 0 Å². The van der Waals surface area contributed by atoms with E-state index in [1.807, 2.05) is 37.3 Å². The maximum Gasteiger partial charge on any atom is 0.407 e. The van der Waals surface area contributed by atoms with Gasteiger partial charge in [0.15, 0.2) is 0 Å². The summed E-state index contributed by atoms with van der Waals surface area (Å²) in [6.45, 7) is 8.81.